The van der Waals surface area contributed by atoms with E-state index < -0.39 is 0 Å². The number of aryl methyl sites for hydroxylation is 1. The Labute approximate surface area is 155 Å². The SMILES string of the molecule is C=CCN(Cc1cn2cc(C)ccc2n1)C(=O)c1cncc(Br)c1C. The summed E-state index contributed by atoms with van der Waals surface area (Å²) < 4.78 is 2.80. The third kappa shape index (κ3) is 3.64. The lowest BCUT2D eigenvalue weighted by atomic mass is 10.1. The molecular formula is C19H19BrN4O. The third-order valence-corrected chi connectivity index (χ3v) is 4.82. The Morgan fingerprint density at radius 3 is 2.88 bits per heavy atom. The van der Waals surface area contributed by atoms with Crippen LogP contribution in [0.1, 0.15) is 27.2 Å². The molecule has 0 aliphatic rings. The van der Waals surface area contributed by atoms with Gasteiger partial charge in [0.05, 0.1) is 17.8 Å². The molecule has 0 aromatic carbocycles. The first-order valence-electron chi connectivity index (χ1n) is 7.94. The van der Waals surface area contributed by atoms with Crippen molar-refractivity contribution < 1.29 is 4.79 Å². The van der Waals surface area contributed by atoms with Crippen LogP contribution in [-0.2, 0) is 6.54 Å². The second kappa shape index (κ2) is 7.19. The average Bonchev–Trinajstić information content (AvgIpc) is 2.98. The summed E-state index contributed by atoms with van der Waals surface area (Å²) in [6.07, 6.45) is 8.99. The van der Waals surface area contributed by atoms with E-state index >= 15 is 0 Å². The summed E-state index contributed by atoms with van der Waals surface area (Å²) >= 11 is 3.43. The summed E-state index contributed by atoms with van der Waals surface area (Å²) in [5.74, 6) is -0.0839. The third-order valence-electron chi connectivity index (χ3n) is 4.02. The largest absolute Gasteiger partial charge is 0.329 e. The van der Waals surface area contributed by atoms with E-state index in [1.54, 1.807) is 23.4 Å². The minimum atomic E-state index is -0.0839. The normalized spacial score (nSPS) is 10.8. The standard InChI is InChI=1S/C19H19BrN4O/c1-4-7-23(19(25)16-8-21-9-17(20)14(16)3)11-15-12-24-10-13(2)5-6-18(24)22-15/h4-6,8-10,12H,1,7,11H2,2-3H3. The molecule has 0 aliphatic heterocycles. The summed E-state index contributed by atoms with van der Waals surface area (Å²) in [4.78, 5) is 23.4. The molecule has 5 nitrogen and oxygen atoms in total. The molecule has 0 spiro atoms. The van der Waals surface area contributed by atoms with E-state index in [1.807, 2.05) is 42.8 Å². The van der Waals surface area contributed by atoms with Crippen LogP contribution >= 0.6 is 15.9 Å². The molecule has 0 bridgehead atoms. The monoisotopic (exact) mass is 398 g/mol. The predicted molar refractivity (Wildman–Crippen MR) is 102 cm³/mol. The van der Waals surface area contributed by atoms with Crippen molar-refractivity contribution >= 4 is 27.5 Å². The van der Waals surface area contributed by atoms with Crippen LogP contribution in [0.2, 0.25) is 0 Å². The number of nitrogens with zero attached hydrogens (tertiary/aromatic N) is 4. The number of imidazole rings is 1. The molecule has 3 rings (SSSR count). The summed E-state index contributed by atoms with van der Waals surface area (Å²) in [5, 5.41) is 0. The smallest absolute Gasteiger partial charge is 0.256 e. The summed E-state index contributed by atoms with van der Waals surface area (Å²) in [7, 11) is 0. The van der Waals surface area contributed by atoms with Crippen LogP contribution in [0.5, 0.6) is 0 Å². The minimum Gasteiger partial charge on any atom is -0.329 e. The van der Waals surface area contributed by atoms with Crippen molar-refractivity contribution in [3.63, 3.8) is 0 Å². The van der Waals surface area contributed by atoms with Crippen LogP contribution in [-0.4, -0.2) is 31.7 Å². The van der Waals surface area contributed by atoms with Gasteiger partial charge in [-0.2, -0.15) is 0 Å². The van der Waals surface area contributed by atoms with E-state index in [-0.39, 0.29) is 5.91 Å². The van der Waals surface area contributed by atoms with Gasteiger partial charge in [0.1, 0.15) is 5.65 Å². The van der Waals surface area contributed by atoms with Crippen molar-refractivity contribution in [3.8, 4) is 0 Å². The fourth-order valence-corrected chi connectivity index (χ4v) is 3.02. The van der Waals surface area contributed by atoms with Gasteiger partial charge in [-0.3, -0.25) is 9.78 Å². The van der Waals surface area contributed by atoms with E-state index in [2.05, 4.69) is 32.5 Å². The first kappa shape index (κ1) is 17.4. The maximum absolute atomic E-state index is 13.0. The molecule has 0 fully saturated rings. The molecule has 0 unspecified atom stereocenters. The molecule has 3 aromatic heterocycles. The first-order chi connectivity index (χ1) is 12.0. The highest BCUT2D eigenvalue weighted by Crippen LogP contribution is 2.20. The molecule has 0 saturated heterocycles. The lowest BCUT2D eigenvalue weighted by molar-refractivity contribution is 0.0759. The van der Waals surface area contributed by atoms with Gasteiger partial charge >= 0.3 is 0 Å². The molecule has 1 amide bonds. The molecule has 6 heteroatoms. The minimum absolute atomic E-state index is 0.0839. The van der Waals surface area contributed by atoms with Gasteiger partial charge in [-0.05, 0) is 47.0 Å². The van der Waals surface area contributed by atoms with Crippen molar-refractivity contribution in [2.24, 2.45) is 0 Å². The van der Waals surface area contributed by atoms with Crippen LogP contribution in [0.3, 0.4) is 0 Å². The van der Waals surface area contributed by atoms with Crippen LogP contribution in [0.25, 0.3) is 5.65 Å². The molecule has 128 valence electrons. The van der Waals surface area contributed by atoms with Gasteiger partial charge in [0.2, 0.25) is 0 Å². The van der Waals surface area contributed by atoms with Gasteiger partial charge in [0, 0.05) is 35.8 Å². The second-order valence-corrected chi connectivity index (χ2v) is 6.83. The van der Waals surface area contributed by atoms with Gasteiger partial charge < -0.3 is 9.30 Å². The Morgan fingerprint density at radius 1 is 1.32 bits per heavy atom. The van der Waals surface area contributed by atoms with Gasteiger partial charge in [-0.1, -0.05) is 12.1 Å². The van der Waals surface area contributed by atoms with Crippen molar-refractivity contribution in [3.05, 3.63) is 76.4 Å². The predicted octanol–water partition coefficient (Wildman–Crippen LogP) is 3.94. The Morgan fingerprint density at radius 2 is 2.12 bits per heavy atom. The van der Waals surface area contributed by atoms with Crippen molar-refractivity contribution in [1.29, 1.82) is 0 Å². The Balaban J connectivity index is 1.90. The molecule has 0 radical (unpaired) electrons. The maximum Gasteiger partial charge on any atom is 0.256 e. The summed E-state index contributed by atoms with van der Waals surface area (Å²) in [5.41, 5.74) is 4.31. The number of rotatable bonds is 5. The summed E-state index contributed by atoms with van der Waals surface area (Å²) in [6, 6.07) is 4.00. The van der Waals surface area contributed by atoms with Crippen molar-refractivity contribution in [2.75, 3.05) is 6.54 Å². The van der Waals surface area contributed by atoms with E-state index in [1.165, 1.54) is 0 Å². The van der Waals surface area contributed by atoms with Crippen molar-refractivity contribution in [2.45, 2.75) is 20.4 Å². The molecule has 0 atom stereocenters. The topological polar surface area (TPSA) is 50.5 Å². The second-order valence-electron chi connectivity index (χ2n) is 5.97. The first-order valence-corrected chi connectivity index (χ1v) is 8.73. The number of amides is 1. The van der Waals surface area contributed by atoms with Gasteiger partial charge in [-0.15, -0.1) is 6.58 Å². The van der Waals surface area contributed by atoms with E-state index in [0.29, 0.717) is 18.7 Å². The number of halogens is 1. The fourth-order valence-electron chi connectivity index (χ4n) is 2.69. The molecule has 3 heterocycles. The highest BCUT2D eigenvalue weighted by Gasteiger charge is 2.19. The molecule has 0 N–H and O–H groups in total. The molecule has 25 heavy (non-hydrogen) atoms. The number of pyridine rings is 2. The Kier molecular flexibility index (Phi) is 4.99. The lowest BCUT2D eigenvalue weighted by Crippen LogP contribution is -2.31. The average molecular weight is 399 g/mol. The quantitative estimate of drug-likeness (QED) is 0.611. The molecule has 0 aliphatic carbocycles. The molecular weight excluding hydrogens is 380 g/mol. The summed E-state index contributed by atoms with van der Waals surface area (Å²) in [6.45, 7) is 8.56. The van der Waals surface area contributed by atoms with E-state index in [4.69, 9.17) is 0 Å². The van der Waals surface area contributed by atoms with E-state index in [0.717, 1.165) is 26.9 Å². The van der Waals surface area contributed by atoms with Crippen molar-refractivity contribution in [1.82, 2.24) is 19.3 Å². The lowest BCUT2D eigenvalue weighted by Gasteiger charge is -2.21. The number of carbonyl (C=O) groups excluding carboxylic acids is 1. The van der Waals surface area contributed by atoms with Crippen LogP contribution in [0.4, 0.5) is 0 Å². The van der Waals surface area contributed by atoms with E-state index in [9.17, 15) is 4.79 Å². The van der Waals surface area contributed by atoms with Gasteiger partial charge in [0.25, 0.3) is 5.91 Å². The Hall–Kier alpha value is -2.47. The van der Waals surface area contributed by atoms with Crippen LogP contribution < -0.4 is 0 Å². The number of carbonyl (C=O) groups is 1. The van der Waals surface area contributed by atoms with Gasteiger partial charge in [0.15, 0.2) is 0 Å². The number of hydrogen-bond acceptors (Lipinski definition) is 3. The maximum atomic E-state index is 13.0. The zero-order valence-electron chi connectivity index (χ0n) is 14.2. The van der Waals surface area contributed by atoms with Gasteiger partial charge in [-0.25, -0.2) is 4.98 Å². The Bertz CT molecular complexity index is 948. The zero-order chi connectivity index (χ0) is 18.0. The zero-order valence-corrected chi connectivity index (χ0v) is 15.8. The fraction of sp³-hybridized carbons (Fsp3) is 0.211. The molecule has 0 saturated carbocycles. The molecule has 3 aromatic rings. The van der Waals surface area contributed by atoms with Crippen LogP contribution in [0, 0.1) is 13.8 Å². The number of hydrogen-bond donors (Lipinski definition) is 0. The number of fused-ring (bicyclic) bond motifs is 1. The van der Waals surface area contributed by atoms with Crippen LogP contribution in [0.15, 0.2) is 54.0 Å². The number of aromatic nitrogens is 3. The highest BCUT2D eigenvalue weighted by atomic mass is 79.9. The highest BCUT2D eigenvalue weighted by molar-refractivity contribution is 9.10.